The number of hydrogen-bond acceptors (Lipinski definition) is 3. The Bertz CT molecular complexity index is 1470. The molecule has 1 saturated carbocycles. The lowest BCUT2D eigenvalue weighted by Crippen LogP contribution is -2.42. The van der Waals surface area contributed by atoms with Crippen molar-refractivity contribution in [3.05, 3.63) is 93.6 Å². The molecule has 1 aliphatic rings. The van der Waals surface area contributed by atoms with Gasteiger partial charge in [-0.25, -0.2) is 4.39 Å². The summed E-state index contributed by atoms with van der Waals surface area (Å²) in [6.45, 7) is 2.40. The van der Waals surface area contributed by atoms with Crippen molar-refractivity contribution in [3.63, 3.8) is 0 Å². The average molecular weight is 531 g/mol. The van der Waals surface area contributed by atoms with Gasteiger partial charge in [-0.05, 0) is 73.1 Å². The van der Waals surface area contributed by atoms with Gasteiger partial charge in [-0.2, -0.15) is 5.26 Å². The van der Waals surface area contributed by atoms with Crippen molar-refractivity contribution in [1.82, 2.24) is 4.90 Å². The summed E-state index contributed by atoms with van der Waals surface area (Å²) in [6.07, 6.45) is 5.09. The zero-order valence-electron chi connectivity index (χ0n) is 20.7. The van der Waals surface area contributed by atoms with E-state index in [4.69, 9.17) is 16.9 Å². The molecule has 188 valence electrons. The van der Waals surface area contributed by atoms with Crippen molar-refractivity contribution in [2.75, 3.05) is 0 Å². The van der Waals surface area contributed by atoms with Crippen LogP contribution in [0.15, 0.2) is 66.7 Å². The second-order valence-electron chi connectivity index (χ2n) is 9.75. The monoisotopic (exact) mass is 530 g/mol. The maximum Gasteiger partial charge on any atom is 0.266 e. The summed E-state index contributed by atoms with van der Waals surface area (Å²) in [7, 11) is 0. The standard InChI is InChI=1S/C31H28ClFN2OS/c1-2-20-9-14-25(15-10-20)35(31(36)30-29(32)26-5-3-4-6-28(26)37-30)19-24-17-23(13-16-27(24)33)22-11-7-21(18-34)8-12-22/h3-8,11-13,16-17,20,25H,2,9-10,14-15,19H2,1H3. The van der Waals surface area contributed by atoms with Crippen LogP contribution in [0, 0.1) is 23.1 Å². The summed E-state index contributed by atoms with van der Waals surface area (Å²) >= 11 is 8.12. The van der Waals surface area contributed by atoms with Crippen LogP contribution in [0.5, 0.6) is 0 Å². The van der Waals surface area contributed by atoms with E-state index in [1.165, 1.54) is 17.4 Å². The Morgan fingerprint density at radius 2 is 1.76 bits per heavy atom. The molecule has 0 spiro atoms. The molecule has 1 aliphatic carbocycles. The summed E-state index contributed by atoms with van der Waals surface area (Å²) < 4.78 is 16.1. The molecule has 0 atom stereocenters. The molecule has 37 heavy (non-hydrogen) atoms. The van der Waals surface area contributed by atoms with E-state index in [0.29, 0.717) is 26.9 Å². The van der Waals surface area contributed by atoms with Gasteiger partial charge < -0.3 is 4.90 Å². The first kappa shape index (κ1) is 25.4. The first-order chi connectivity index (χ1) is 18.0. The van der Waals surface area contributed by atoms with E-state index in [9.17, 15) is 4.79 Å². The molecular formula is C31H28ClFN2OS. The molecular weight excluding hydrogens is 503 g/mol. The van der Waals surface area contributed by atoms with Crippen molar-refractivity contribution in [2.45, 2.75) is 51.6 Å². The number of halogens is 2. The van der Waals surface area contributed by atoms with Gasteiger partial charge >= 0.3 is 0 Å². The van der Waals surface area contributed by atoms with Gasteiger partial charge in [0.15, 0.2) is 0 Å². The SMILES string of the molecule is CCC1CCC(N(Cc2cc(-c3ccc(C#N)cc3)ccc2F)C(=O)c2sc3ccccc3c2Cl)CC1. The van der Waals surface area contributed by atoms with E-state index in [0.717, 1.165) is 53.3 Å². The highest BCUT2D eigenvalue weighted by Crippen LogP contribution is 2.38. The van der Waals surface area contributed by atoms with Gasteiger partial charge in [0.25, 0.3) is 5.91 Å². The third kappa shape index (κ3) is 5.28. The molecule has 3 aromatic carbocycles. The summed E-state index contributed by atoms with van der Waals surface area (Å²) in [5.41, 5.74) is 2.80. The predicted molar refractivity (Wildman–Crippen MR) is 149 cm³/mol. The Labute approximate surface area is 226 Å². The fraction of sp³-hybridized carbons (Fsp3) is 0.290. The number of rotatable bonds is 6. The number of carbonyl (C=O) groups is 1. The number of benzene rings is 3. The normalized spacial score (nSPS) is 17.5. The molecule has 0 aliphatic heterocycles. The minimum absolute atomic E-state index is 0.0366. The van der Waals surface area contributed by atoms with Gasteiger partial charge in [0.05, 0.1) is 16.7 Å². The Balaban J connectivity index is 1.50. The maximum atomic E-state index is 15.2. The number of nitriles is 1. The van der Waals surface area contributed by atoms with Gasteiger partial charge in [-0.15, -0.1) is 11.3 Å². The lowest BCUT2D eigenvalue weighted by atomic mass is 9.83. The molecule has 6 heteroatoms. The maximum absolute atomic E-state index is 15.2. The van der Waals surface area contributed by atoms with Gasteiger partial charge in [0.2, 0.25) is 0 Å². The first-order valence-corrected chi connectivity index (χ1v) is 13.9. The largest absolute Gasteiger partial charge is 0.330 e. The Morgan fingerprint density at radius 1 is 1.05 bits per heavy atom. The highest BCUT2D eigenvalue weighted by Gasteiger charge is 2.32. The molecule has 5 rings (SSSR count). The van der Waals surface area contributed by atoms with Crippen molar-refractivity contribution < 1.29 is 9.18 Å². The van der Waals surface area contributed by atoms with E-state index in [1.807, 2.05) is 47.4 Å². The summed E-state index contributed by atoms with van der Waals surface area (Å²) in [5, 5.41) is 10.5. The molecule has 0 unspecified atom stereocenters. The molecule has 0 saturated heterocycles. The van der Waals surface area contributed by atoms with Crippen LogP contribution in [0.25, 0.3) is 21.2 Å². The van der Waals surface area contributed by atoms with E-state index >= 15 is 4.39 Å². The third-order valence-corrected chi connectivity index (χ3v) is 9.22. The number of amides is 1. The van der Waals surface area contributed by atoms with E-state index in [-0.39, 0.29) is 24.3 Å². The molecule has 1 amide bonds. The number of fused-ring (bicyclic) bond motifs is 1. The fourth-order valence-corrected chi connectivity index (χ4v) is 6.78. The van der Waals surface area contributed by atoms with Crippen LogP contribution in [-0.2, 0) is 6.54 Å². The Kier molecular flexibility index (Phi) is 7.60. The molecule has 3 nitrogen and oxygen atoms in total. The summed E-state index contributed by atoms with van der Waals surface area (Å²) in [6, 6.07) is 22.2. The van der Waals surface area contributed by atoms with Crippen LogP contribution in [0.4, 0.5) is 4.39 Å². The second kappa shape index (κ2) is 11.0. The van der Waals surface area contributed by atoms with E-state index in [2.05, 4.69) is 13.0 Å². The highest BCUT2D eigenvalue weighted by atomic mass is 35.5. The molecule has 1 fully saturated rings. The Hall–Kier alpha value is -3.20. The predicted octanol–water partition coefficient (Wildman–Crippen LogP) is 8.84. The number of carbonyl (C=O) groups excluding carboxylic acids is 1. The Morgan fingerprint density at radius 3 is 2.43 bits per heavy atom. The highest BCUT2D eigenvalue weighted by molar-refractivity contribution is 7.21. The number of thiophene rings is 1. The average Bonchev–Trinajstić information content (AvgIpc) is 3.29. The topological polar surface area (TPSA) is 44.1 Å². The van der Waals surface area contributed by atoms with Crippen molar-refractivity contribution >= 4 is 38.9 Å². The smallest absolute Gasteiger partial charge is 0.266 e. The van der Waals surface area contributed by atoms with E-state index in [1.54, 1.807) is 18.2 Å². The van der Waals surface area contributed by atoms with Gasteiger partial charge in [0.1, 0.15) is 10.7 Å². The van der Waals surface area contributed by atoms with Crippen molar-refractivity contribution in [3.8, 4) is 17.2 Å². The number of nitrogens with zero attached hydrogens (tertiary/aromatic N) is 2. The lowest BCUT2D eigenvalue weighted by molar-refractivity contribution is 0.0590. The van der Waals surface area contributed by atoms with Crippen LogP contribution in [0.1, 0.15) is 59.8 Å². The quantitative estimate of drug-likeness (QED) is 0.250. The van der Waals surface area contributed by atoms with Crippen molar-refractivity contribution in [2.24, 2.45) is 5.92 Å². The fourth-order valence-electron chi connectivity index (χ4n) is 5.31. The second-order valence-corrected chi connectivity index (χ2v) is 11.2. The molecule has 1 aromatic heterocycles. The van der Waals surface area contributed by atoms with Crippen molar-refractivity contribution in [1.29, 1.82) is 5.26 Å². The number of hydrogen-bond donors (Lipinski definition) is 0. The third-order valence-electron chi connectivity index (χ3n) is 7.56. The first-order valence-electron chi connectivity index (χ1n) is 12.8. The summed E-state index contributed by atoms with van der Waals surface area (Å²) in [4.78, 5) is 16.4. The van der Waals surface area contributed by atoms with Crippen LogP contribution in [0.3, 0.4) is 0 Å². The van der Waals surface area contributed by atoms with E-state index < -0.39 is 0 Å². The molecule has 4 aromatic rings. The van der Waals surface area contributed by atoms with Crippen LogP contribution in [0.2, 0.25) is 5.02 Å². The van der Waals surface area contributed by atoms with Gasteiger partial charge in [0, 0.05) is 28.2 Å². The molecule has 0 bridgehead atoms. The van der Waals surface area contributed by atoms with Gasteiger partial charge in [-0.1, -0.05) is 61.3 Å². The van der Waals surface area contributed by atoms with Crippen LogP contribution < -0.4 is 0 Å². The zero-order valence-corrected chi connectivity index (χ0v) is 22.3. The molecule has 1 heterocycles. The minimum Gasteiger partial charge on any atom is -0.330 e. The molecule has 0 N–H and O–H groups in total. The zero-order chi connectivity index (χ0) is 25.9. The van der Waals surface area contributed by atoms with Crippen LogP contribution in [-0.4, -0.2) is 16.8 Å². The minimum atomic E-state index is -0.333. The molecule has 0 radical (unpaired) electrons. The van der Waals surface area contributed by atoms with Gasteiger partial charge in [-0.3, -0.25) is 4.79 Å². The lowest BCUT2D eigenvalue weighted by Gasteiger charge is -2.37. The van der Waals surface area contributed by atoms with Crippen LogP contribution >= 0.6 is 22.9 Å². The summed E-state index contributed by atoms with van der Waals surface area (Å²) in [5.74, 6) is 0.215.